The lowest BCUT2D eigenvalue weighted by Crippen LogP contribution is -2.11. The van der Waals surface area contributed by atoms with Crippen LogP contribution in [0.3, 0.4) is 0 Å². The third kappa shape index (κ3) is 2.88. The van der Waals surface area contributed by atoms with Gasteiger partial charge in [-0.25, -0.2) is 9.37 Å². The predicted molar refractivity (Wildman–Crippen MR) is 91.1 cm³/mol. The number of ether oxygens (including phenoxy) is 1. The SMILES string of the molecule is O=C(Nc1nc(-c2ccc(F)cc2)cs1)c1ccc2c(c1)CCO2. The van der Waals surface area contributed by atoms with Crippen LogP contribution < -0.4 is 10.1 Å². The van der Waals surface area contributed by atoms with E-state index in [2.05, 4.69) is 10.3 Å². The summed E-state index contributed by atoms with van der Waals surface area (Å²) in [6.07, 6.45) is 0.822. The van der Waals surface area contributed by atoms with Crippen LogP contribution in [0.25, 0.3) is 11.3 Å². The van der Waals surface area contributed by atoms with Crippen molar-refractivity contribution in [2.24, 2.45) is 0 Å². The van der Waals surface area contributed by atoms with Crippen molar-refractivity contribution in [2.45, 2.75) is 6.42 Å². The molecule has 120 valence electrons. The number of nitrogens with zero attached hydrogens (tertiary/aromatic N) is 1. The van der Waals surface area contributed by atoms with Gasteiger partial charge in [0, 0.05) is 22.9 Å². The van der Waals surface area contributed by atoms with E-state index in [4.69, 9.17) is 4.74 Å². The van der Waals surface area contributed by atoms with Crippen LogP contribution in [0.15, 0.2) is 47.8 Å². The minimum atomic E-state index is -0.289. The lowest BCUT2D eigenvalue weighted by Gasteiger charge is -2.04. The smallest absolute Gasteiger partial charge is 0.257 e. The van der Waals surface area contributed by atoms with E-state index >= 15 is 0 Å². The highest BCUT2D eigenvalue weighted by Crippen LogP contribution is 2.28. The Balaban J connectivity index is 1.51. The number of amides is 1. The first-order chi connectivity index (χ1) is 11.7. The molecule has 2 aromatic carbocycles. The van der Waals surface area contributed by atoms with Crippen LogP contribution in [0.2, 0.25) is 0 Å². The van der Waals surface area contributed by atoms with Crippen LogP contribution in [0, 0.1) is 5.82 Å². The van der Waals surface area contributed by atoms with Crippen molar-refractivity contribution in [3.8, 4) is 17.0 Å². The minimum absolute atomic E-state index is 0.204. The Bertz CT molecular complexity index is 906. The van der Waals surface area contributed by atoms with Crippen molar-refractivity contribution in [3.05, 3.63) is 64.8 Å². The molecule has 0 aliphatic carbocycles. The molecule has 0 fully saturated rings. The first-order valence-corrected chi connectivity index (χ1v) is 8.35. The molecule has 1 aliphatic heterocycles. The number of rotatable bonds is 3. The summed E-state index contributed by atoms with van der Waals surface area (Å²) in [5.41, 5.74) is 3.15. The molecule has 3 aromatic rings. The first kappa shape index (κ1) is 14.8. The predicted octanol–water partition coefficient (Wildman–Crippen LogP) is 4.14. The van der Waals surface area contributed by atoms with E-state index in [9.17, 15) is 9.18 Å². The number of thiazole rings is 1. The van der Waals surface area contributed by atoms with Crippen LogP contribution in [-0.4, -0.2) is 17.5 Å². The monoisotopic (exact) mass is 340 g/mol. The number of benzene rings is 2. The molecule has 2 heterocycles. The fourth-order valence-corrected chi connectivity index (χ4v) is 3.30. The third-order valence-electron chi connectivity index (χ3n) is 3.82. The lowest BCUT2D eigenvalue weighted by molar-refractivity contribution is 0.102. The number of fused-ring (bicyclic) bond motifs is 1. The molecule has 6 heteroatoms. The van der Waals surface area contributed by atoms with E-state index in [-0.39, 0.29) is 11.7 Å². The highest BCUT2D eigenvalue weighted by molar-refractivity contribution is 7.14. The number of anilines is 1. The van der Waals surface area contributed by atoms with Gasteiger partial charge < -0.3 is 4.74 Å². The molecular formula is C18H13FN2O2S. The maximum Gasteiger partial charge on any atom is 0.257 e. The summed E-state index contributed by atoms with van der Waals surface area (Å²) >= 11 is 1.34. The Morgan fingerprint density at radius 3 is 2.88 bits per heavy atom. The van der Waals surface area contributed by atoms with Crippen molar-refractivity contribution in [1.82, 2.24) is 4.98 Å². The molecular weight excluding hydrogens is 327 g/mol. The largest absolute Gasteiger partial charge is 0.493 e. The molecule has 1 aliphatic rings. The van der Waals surface area contributed by atoms with Gasteiger partial charge in [0.1, 0.15) is 11.6 Å². The second kappa shape index (κ2) is 6.05. The molecule has 0 spiro atoms. The number of carbonyl (C=O) groups is 1. The van der Waals surface area contributed by atoms with Gasteiger partial charge in [-0.3, -0.25) is 10.1 Å². The third-order valence-corrected chi connectivity index (χ3v) is 4.57. The van der Waals surface area contributed by atoms with Crippen molar-refractivity contribution in [2.75, 3.05) is 11.9 Å². The number of aromatic nitrogens is 1. The Morgan fingerprint density at radius 1 is 1.21 bits per heavy atom. The number of carbonyl (C=O) groups excluding carboxylic acids is 1. The van der Waals surface area contributed by atoms with E-state index < -0.39 is 0 Å². The molecule has 1 aromatic heterocycles. The maximum atomic E-state index is 13.0. The number of hydrogen-bond acceptors (Lipinski definition) is 4. The second-order valence-corrected chi connectivity index (χ2v) is 6.28. The molecule has 0 saturated heterocycles. The second-order valence-electron chi connectivity index (χ2n) is 5.42. The zero-order valence-electron chi connectivity index (χ0n) is 12.6. The molecule has 0 radical (unpaired) electrons. The van der Waals surface area contributed by atoms with Crippen LogP contribution in [0.4, 0.5) is 9.52 Å². The summed E-state index contributed by atoms with van der Waals surface area (Å²) < 4.78 is 18.4. The Kier molecular flexibility index (Phi) is 3.74. The summed E-state index contributed by atoms with van der Waals surface area (Å²) in [7, 11) is 0. The summed E-state index contributed by atoms with van der Waals surface area (Å²) in [5, 5.41) is 5.15. The van der Waals surface area contributed by atoms with Gasteiger partial charge in [0.2, 0.25) is 0 Å². The van der Waals surface area contributed by atoms with Gasteiger partial charge in [-0.05, 0) is 48.0 Å². The fraction of sp³-hybridized carbons (Fsp3) is 0.111. The highest BCUT2D eigenvalue weighted by Gasteiger charge is 2.16. The van der Waals surface area contributed by atoms with E-state index in [1.54, 1.807) is 18.2 Å². The quantitative estimate of drug-likeness (QED) is 0.780. The Hall–Kier alpha value is -2.73. The van der Waals surface area contributed by atoms with Gasteiger partial charge in [0.05, 0.1) is 12.3 Å². The maximum absolute atomic E-state index is 13.0. The van der Waals surface area contributed by atoms with Gasteiger partial charge in [-0.2, -0.15) is 0 Å². The van der Waals surface area contributed by atoms with E-state index in [1.165, 1.54) is 23.5 Å². The highest BCUT2D eigenvalue weighted by atomic mass is 32.1. The van der Waals surface area contributed by atoms with Crippen LogP contribution >= 0.6 is 11.3 Å². The summed E-state index contributed by atoms with van der Waals surface area (Å²) in [4.78, 5) is 16.8. The van der Waals surface area contributed by atoms with Crippen LogP contribution in [0.5, 0.6) is 5.75 Å². The fourth-order valence-electron chi connectivity index (χ4n) is 2.58. The average molecular weight is 340 g/mol. The van der Waals surface area contributed by atoms with Gasteiger partial charge in [0.25, 0.3) is 5.91 Å². The molecule has 4 rings (SSSR count). The molecule has 0 saturated carbocycles. The molecule has 1 amide bonds. The van der Waals surface area contributed by atoms with Crippen molar-refractivity contribution < 1.29 is 13.9 Å². The zero-order chi connectivity index (χ0) is 16.5. The van der Waals surface area contributed by atoms with Gasteiger partial charge in [-0.15, -0.1) is 11.3 Å². The first-order valence-electron chi connectivity index (χ1n) is 7.47. The van der Waals surface area contributed by atoms with E-state index in [0.29, 0.717) is 23.0 Å². The molecule has 24 heavy (non-hydrogen) atoms. The molecule has 4 nitrogen and oxygen atoms in total. The molecule has 0 bridgehead atoms. The van der Waals surface area contributed by atoms with Gasteiger partial charge in [0.15, 0.2) is 5.13 Å². The van der Waals surface area contributed by atoms with E-state index in [1.807, 2.05) is 17.5 Å². The summed E-state index contributed by atoms with van der Waals surface area (Å²) in [6.45, 7) is 0.661. The zero-order valence-corrected chi connectivity index (χ0v) is 13.4. The van der Waals surface area contributed by atoms with Gasteiger partial charge in [-0.1, -0.05) is 0 Å². The molecule has 0 atom stereocenters. The Morgan fingerprint density at radius 2 is 2.04 bits per heavy atom. The normalized spacial score (nSPS) is 12.5. The summed E-state index contributed by atoms with van der Waals surface area (Å²) in [5.74, 6) is 0.354. The number of hydrogen-bond donors (Lipinski definition) is 1. The standard InChI is InChI=1S/C18H13FN2O2S/c19-14-4-1-11(2-5-14)15-10-24-18(20-15)21-17(22)13-3-6-16-12(9-13)7-8-23-16/h1-6,9-10H,7-8H2,(H,20,21,22). The van der Waals surface area contributed by atoms with E-state index in [0.717, 1.165) is 23.3 Å². The van der Waals surface area contributed by atoms with Crippen molar-refractivity contribution in [1.29, 1.82) is 0 Å². The number of halogens is 1. The lowest BCUT2D eigenvalue weighted by atomic mass is 10.1. The number of nitrogens with one attached hydrogen (secondary N) is 1. The van der Waals surface area contributed by atoms with Crippen molar-refractivity contribution >= 4 is 22.4 Å². The topological polar surface area (TPSA) is 51.2 Å². The Labute approximate surface area is 141 Å². The van der Waals surface area contributed by atoms with Crippen LogP contribution in [-0.2, 0) is 6.42 Å². The van der Waals surface area contributed by atoms with Crippen LogP contribution in [0.1, 0.15) is 15.9 Å². The molecule has 1 N–H and O–H groups in total. The van der Waals surface area contributed by atoms with Gasteiger partial charge >= 0.3 is 0 Å². The average Bonchev–Trinajstić information content (AvgIpc) is 3.24. The molecule has 0 unspecified atom stereocenters. The van der Waals surface area contributed by atoms with Crippen molar-refractivity contribution in [3.63, 3.8) is 0 Å². The summed E-state index contributed by atoms with van der Waals surface area (Å²) in [6, 6.07) is 11.5. The minimum Gasteiger partial charge on any atom is -0.493 e.